The highest BCUT2D eigenvalue weighted by molar-refractivity contribution is 7.21. The number of hydrogen-bond acceptors (Lipinski definition) is 5. The lowest BCUT2D eigenvalue weighted by molar-refractivity contribution is -0.136. The second kappa shape index (κ2) is 9.05. The molecule has 0 saturated carbocycles. The molecule has 0 unspecified atom stereocenters. The molecule has 1 N–H and O–H groups in total. The minimum absolute atomic E-state index is 0.0498. The van der Waals surface area contributed by atoms with Crippen LogP contribution in [0.2, 0.25) is 0 Å². The van der Waals surface area contributed by atoms with Crippen LogP contribution in [0, 0.1) is 5.82 Å². The fourth-order valence-corrected chi connectivity index (χ4v) is 4.82. The predicted molar refractivity (Wildman–Crippen MR) is 115 cm³/mol. The van der Waals surface area contributed by atoms with Gasteiger partial charge in [-0.05, 0) is 30.3 Å². The van der Waals surface area contributed by atoms with Crippen molar-refractivity contribution in [2.24, 2.45) is 0 Å². The van der Waals surface area contributed by atoms with Crippen molar-refractivity contribution in [3.8, 4) is 0 Å². The maximum absolute atomic E-state index is 14.4. The second-order valence-corrected chi connectivity index (χ2v) is 8.29. The Labute approximate surface area is 185 Å². The van der Waals surface area contributed by atoms with Crippen LogP contribution < -0.4 is 10.2 Å². The fraction of sp³-hybridized carbons (Fsp3) is 0.318. The topological polar surface area (TPSA) is 50.8 Å². The van der Waals surface area contributed by atoms with Gasteiger partial charge in [0.2, 0.25) is 0 Å². The molecule has 0 bridgehead atoms. The summed E-state index contributed by atoms with van der Waals surface area (Å²) in [5, 5.41) is 2.61. The summed E-state index contributed by atoms with van der Waals surface area (Å²) in [5.41, 5.74) is -0.597. The van der Waals surface area contributed by atoms with Gasteiger partial charge in [0.05, 0.1) is 35.9 Å². The number of nitrogens with one attached hydrogen (secondary N) is 1. The van der Waals surface area contributed by atoms with Gasteiger partial charge in [-0.1, -0.05) is 6.07 Å². The molecule has 4 rings (SSSR count). The number of alkyl halides is 3. The van der Waals surface area contributed by atoms with E-state index in [-0.39, 0.29) is 22.6 Å². The number of benzene rings is 2. The molecule has 1 saturated heterocycles. The minimum atomic E-state index is -4.67. The molecule has 0 aliphatic carbocycles. The standard InChI is InChI=1S/C22H20F4N2O3S/c1-30-12-14-19-16(23)3-2-4-18(19)32-20(14)21(29)27-17-6-5-13(11-15(17)22(24,25)26)28-7-9-31-10-8-28/h2-6,11H,7-10,12H2,1H3,(H,27,29). The van der Waals surface area contributed by atoms with E-state index >= 15 is 0 Å². The highest BCUT2D eigenvalue weighted by Gasteiger charge is 2.35. The molecule has 1 aliphatic rings. The normalized spacial score (nSPS) is 14.7. The number of carbonyl (C=O) groups excluding carboxylic acids is 1. The molecule has 1 aromatic heterocycles. The van der Waals surface area contributed by atoms with Crippen LogP contribution in [0.5, 0.6) is 0 Å². The highest BCUT2D eigenvalue weighted by atomic mass is 32.1. The van der Waals surface area contributed by atoms with E-state index in [1.165, 1.54) is 31.4 Å². The number of thiophene rings is 1. The summed E-state index contributed by atoms with van der Waals surface area (Å²) in [4.78, 5) is 14.9. The lowest BCUT2D eigenvalue weighted by Crippen LogP contribution is -2.36. The van der Waals surface area contributed by atoms with Gasteiger partial charge in [-0.2, -0.15) is 13.2 Å². The first kappa shape index (κ1) is 22.5. The molecule has 5 nitrogen and oxygen atoms in total. The maximum Gasteiger partial charge on any atom is 0.418 e. The Morgan fingerprint density at radius 1 is 1.22 bits per heavy atom. The summed E-state index contributed by atoms with van der Waals surface area (Å²) < 4.78 is 66.7. The van der Waals surface area contributed by atoms with E-state index in [2.05, 4.69) is 5.32 Å². The van der Waals surface area contributed by atoms with Gasteiger partial charge in [0, 0.05) is 41.5 Å². The van der Waals surface area contributed by atoms with Gasteiger partial charge in [-0.3, -0.25) is 4.79 Å². The smallest absolute Gasteiger partial charge is 0.380 e. The zero-order valence-corrected chi connectivity index (χ0v) is 17.9. The number of carbonyl (C=O) groups is 1. The summed E-state index contributed by atoms with van der Waals surface area (Å²) in [6.07, 6.45) is -4.67. The van der Waals surface area contributed by atoms with E-state index in [9.17, 15) is 22.4 Å². The lowest BCUT2D eigenvalue weighted by Gasteiger charge is -2.29. The average Bonchev–Trinajstić information content (AvgIpc) is 3.14. The molecule has 1 amide bonds. The van der Waals surface area contributed by atoms with Crippen LogP contribution in [-0.2, 0) is 22.3 Å². The molecule has 170 valence electrons. The summed E-state index contributed by atoms with van der Waals surface area (Å²) in [6.45, 7) is 1.79. The molecular weight excluding hydrogens is 448 g/mol. The first-order valence-electron chi connectivity index (χ1n) is 9.83. The van der Waals surface area contributed by atoms with Gasteiger partial charge in [-0.15, -0.1) is 11.3 Å². The van der Waals surface area contributed by atoms with Crippen LogP contribution in [0.3, 0.4) is 0 Å². The quantitative estimate of drug-likeness (QED) is 0.517. The van der Waals surface area contributed by atoms with Crippen LogP contribution in [0.1, 0.15) is 20.8 Å². The number of halogens is 4. The van der Waals surface area contributed by atoms with Crippen molar-refractivity contribution in [2.45, 2.75) is 12.8 Å². The van der Waals surface area contributed by atoms with Crippen molar-refractivity contribution in [1.82, 2.24) is 0 Å². The van der Waals surface area contributed by atoms with Crippen molar-refractivity contribution in [3.05, 3.63) is 58.2 Å². The molecule has 1 fully saturated rings. The van der Waals surface area contributed by atoms with Crippen molar-refractivity contribution >= 4 is 38.7 Å². The Balaban J connectivity index is 1.70. The number of ether oxygens (including phenoxy) is 2. The largest absolute Gasteiger partial charge is 0.418 e. The number of anilines is 2. The Bertz CT molecular complexity index is 1140. The van der Waals surface area contributed by atoms with E-state index in [0.29, 0.717) is 42.3 Å². The van der Waals surface area contributed by atoms with Crippen LogP contribution >= 0.6 is 11.3 Å². The molecule has 3 aromatic rings. The second-order valence-electron chi connectivity index (χ2n) is 7.24. The van der Waals surface area contributed by atoms with Crippen LogP contribution in [-0.4, -0.2) is 39.3 Å². The van der Waals surface area contributed by atoms with Crippen LogP contribution in [0.15, 0.2) is 36.4 Å². The summed E-state index contributed by atoms with van der Waals surface area (Å²) in [7, 11) is 1.40. The van der Waals surface area contributed by atoms with Gasteiger partial charge in [0.15, 0.2) is 0 Å². The number of methoxy groups -OCH3 is 1. The van der Waals surface area contributed by atoms with Crippen LogP contribution in [0.25, 0.3) is 10.1 Å². The zero-order chi connectivity index (χ0) is 22.9. The number of amides is 1. The van der Waals surface area contributed by atoms with E-state index in [4.69, 9.17) is 9.47 Å². The van der Waals surface area contributed by atoms with Gasteiger partial charge < -0.3 is 19.7 Å². The Morgan fingerprint density at radius 3 is 2.66 bits per heavy atom. The van der Waals surface area contributed by atoms with Crippen molar-refractivity contribution < 1.29 is 31.8 Å². The number of nitrogens with zero attached hydrogens (tertiary/aromatic N) is 1. The number of rotatable bonds is 5. The highest BCUT2D eigenvalue weighted by Crippen LogP contribution is 2.39. The maximum atomic E-state index is 14.4. The number of fused-ring (bicyclic) bond motifs is 1. The average molecular weight is 468 g/mol. The molecule has 2 heterocycles. The summed E-state index contributed by atoms with van der Waals surface area (Å²) in [5.74, 6) is -1.27. The number of morpholine rings is 1. The van der Waals surface area contributed by atoms with Gasteiger partial charge in [0.1, 0.15) is 5.82 Å². The number of hydrogen-bond donors (Lipinski definition) is 1. The zero-order valence-electron chi connectivity index (χ0n) is 17.1. The Hall–Kier alpha value is -2.69. The molecule has 10 heteroatoms. The molecule has 0 spiro atoms. The minimum Gasteiger partial charge on any atom is -0.380 e. The first-order valence-corrected chi connectivity index (χ1v) is 10.7. The summed E-state index contributed by atoms with van der Waals surface area (Å²) >= 11 is 1.01. The fourth-order valence-electron chi connectivity index (χ4n) is 3.71. The monoisotopic (exact) mass is 468 g/mol. The van der Waals surface area contributed by atoms with E-state index in [1.54, 1.807) is 11.0 Å². The van der Waals surface area contributed by atoms with Crippen molar-refractivity contribution in [3.63, 3.8) is 0 Å². The molecule has 0 radical (unpaired) electrons. The lowest BCUT2D eigenvalue weighted by atomic mass is 10.1. The third-order valence-electron chi connectivity index (χ3n) is 5.19. The van der Waals surface area contributed by atoms with E-state index in [0.717, 1.165) is 17.4 Å². The van der Waals surface area contributed by atoms with Gasteiger partial charge in [0.25, 0.3) is 5.91 Å². The SMILES string of the molecule is COCc1c(C(=O)Nc2ccc(N3CCOCC3)cc2C(F)(F)F)sc2cccc(F)c12. The first-order chi connectivity index (χ1) is 15.3. The van der Waals surface area contributed by atoms with E-state index in [1.807, 2.05) is 0 Å². The van der Waals surface area contributed by atoms with Crippen LogP contribution in [0.4, 0.5) is 28.9 Å². The molecular formula is C22H20F4N2O3S. The van der Waals surface area contributed by atoms with Crippen molar-refractivity contribution in [2.75, 3.05) is 43.6 Å². The summed E-state index contributed by atoms with van der Waals surface area (Å²) in [6, 6.07) is 8.24. The Morgan fingerprint density at radius 2 is 1.97 bits per heavy atom. The van der Waals surface area contributed by atoms with Gasteiger partial charge in [-0.25, -0.2) is 4.39 Å². The Kier molecular flexibility index (Phi) is 6.36. The molecule has 0 atom stereocenters. The molecule has 2 aromatic carbocycles. The van der Waals surface area contributed by atoms with Gasteiger partial charge >= 0.3 is 6.18 Å². The molecule has 1 aliphatic heterocycles. The van der Waals surface area contributed by atoms with Crippen molar-refractivity contribution in [1.29, 1.82) is 0 Å². The predicted octanol–water partition coefficient (Wildman–Crippen LogP) is 5.29. The molecule has 32 heavy (non-hydrogen) atoms. The third-order valence-corrected chi connectivity index (χ3v) is 6.39. The third kappa shape index (κ3) is 4.43. The van der Waals surface area contributed by atoms with E-state index < -0.39 is 23.5 Å².